The van der Waals surface area contributed by atoms with E-state index >= 15 is 0 Å². The Morgan fingerprint density at radius 1 is 1.33 bits per heavy atom. The van der Waals surface area contributed by atoms with Crippen LogP contribution >= 0.6 is 0 Å². The lowest BCUT2D eigenvalue weighted by Crippen LogP contribution is -2.34. The van der Waals surface area contributed by atoms with Gasteiger partial charge in [-0.05, 0) is 18.8 Å². The summed E-state index contributed by atoms with van der Waals surface area (Å²) in [5.41, 5.74) is 5.64. The fraction of sp³-hybridized carbons (Fsp3) is 0.778. The Morgan fingerprint density at radius 3 is 3.00 bits per heavy atom. The van der Waals surface area contributed by atoms with E-state index in [1.54, 1.807) is 0 Å². The number of rotatable bonds is 0. The summed E-state index contributed by atoms with van der Waals surface area (Å²) in [5.74, 6) is 1.69. The average molecular weight is 166 g/mol. The Hall–Kier alpha value is -0.860. The molecular weight excluding hydrogens is 152 g/mol. The highest BCUT2D eigenvalue weighted by atomic mass is 16.1. The van der Waals surface area contributed by atoms with Crippen LogP contribution < -0.4 is 5.73 Å². The van der Waals surface area contributed by atoms with Crippen LogP contribution in [-0.4, -0.2) is 17.7 Å². The van der Waals surface area contributed by atoms with Gasteiger partial charge >= 0.3 is 0 Å². The minimum Gasteiger partial charge on any atom is -0.387 e. The monoisotopic (exact) mass is 166 g/mol. The zero-order valence-corrected chi connectivity index (χ0v) is 7.12. The number of hydrogen-bond acceptors (Lipinski definition) is 3. The van der Waals surface area contributed by atoms with E-state index in [2.05, 4.69) is 4.99 Å². The third-order valence-electron chi connectivity index (χ3n) is 2.86. The first-order chi connectivity index (χ1) is 5.75. The molecule has 0 bridgehead atoms. The third kappa shape index (κ3) is 1.36. The highest BCUT2D eigenvalue weighted by Crippen LogP contribution is 2.31. The molecular formula is C9H14N2O. The van der Waals surface area contributed by atoms with Gasteiger partial charge in [0.25, 0.3) is 0 Å². The van der Waals surface area contributed by atoms with Gasteiger partial charge in [-0.3, -0.25) is 9.79 Å². The van der Waals surface area contributed by atoms with Crippen molar-refractivity contribution in [2.45, 2.75) is 38.1 Å². The number of carbonyl (C=O) groups is 1. The van der Waals surface area contributed by atoms with Crippen molar-refractivity contribution in [2.24, 2.45) is 16.6 Å². The molecule has 0 saturated heterocycles. The molecule has 2 unspecified atom stereocenters. The first-order valence-electron chi connectivity index (χ1n) is 4.59. The summed E-state index contributed by atoms with van der Waals surface area (Å²) >= 11 is 0. The lowest BCUT2D eigenvalue weighted by molar-refractivity contribution is -0.121. The van der Waals surface area contributed by atoms with Crippen LogP contribution in [0.2, 0.25) is 0 Å². The van der Waals surface area contributed by atoms with Crippen molar-refractivity contribution in [3.8, 4) is 0 Å². The van der Waals surface area contributed by atoms with Crippen LogP contribution in [0, 0.1) is 5.92 Å². The van der Waals surface area contributed by atoms with Gasteiger partial charge in [0.2, 0.25) is 0 Å². The Bertz CT molecular complexity index is 235. The molecule has 1 saturated carbocycles. The molecule has 0 spiro atoms. The van der Waals surface area contributed by atoms with E-state index in [0.717, 1.165) is 31.5 Å². The van der Waals surface area contributed by atoms with Gasteiger partial charge in [-0.2, -0.15) is 0 Å². The summed E-state index contributed by atoms with van der Waals surface area (Å²) in [7, 11) is 0. The number of ketones is 1. The van der Waals surface area contributed by atoms with E-state index in [9.17, 15) is 4.79 Å². The number of nitrogens with zero attached hydrogens (tertiary/aromatic N) is 1. The van der Waals surface area contributed by atoms with Gasteiger partial charge < -0.3 is 5.73 Å². The molecule has 2 N–H and O–H groups in total. The molecule has 2 atom stereocenters. The van der Waals surface area contributed by atoms with Crippen molar-refractivity contribution in [3.05, 3.63) is 0 Å². The molecule has 1 fully saturated rings. The maximum Gasteiger partial charge on any atom is 0.133 e. The molecule has 0 aromatic carbocycles. The van der Waals surface area contributed by atoms with Gasteiger partial charge in [0.15, 0.2) is 0 Å². The molecule has 12 heavy (non-hydrogen) atoms. The number of fused-ring (bicyclic) bond motifs is 1. The Kier molecular flexibility index (Phi) is 1.87. The first-order valence-corrected chi connectivity index (χ1v) is 4.59. The van der Waals surface area contributed by atoms with Crippen molar-refractivity contribution in [1.82, 2.24) is 0 Å². The largest absolute Gasteiger partial charge is 0.387 e. The fourth-order valence-corrected chi connectivity index (χ4v) is 2.15. The van der Waals surface area contributed by atoms with Gasteiger partial charge in [-0.1, -0.05) is 0 Å². The van der Waals surface area contributed by atoms with Crippen LogP contribution in [0.4, 0.5) is 0 Å². The van der Waals surface area contributed by atoms with Crippen molar-refractivity contribution in [3.63, 3.8) is 0 Å². The van der Waals surface area contributed by atoms with Gasteiger partial charge in [0.05, 0.1) is 11.9 Å². The van der Waals surface area contributed by atoms with E-state index in [0.29, 0.717) is 24.2 Å². The molecule has 2 aliphatic rings. The molecule has 0 aromatic rings. The van der Waals surface area contributed by atoms with Crippen molar-refractivity contribution < 1.29 is 4.79 Å². The molecule has 3 nitrogen and oxygen atoms in total. The van der Waals surface area contributed by atoms with Gasteiger partial charge in [-0.15, -0.1) is 0 Å². The average Bonchev–Trinajstić information content (AvgIpc) is 2.05. The second kappa shape index (κ2) is 2.88. The van der Waals surface area contributed by atoms with E-state index in [1.165, 1.54) is 0 Å². The third-order valence-corrected chi connectivity index (χ3v) is 2.86. The van der Waals surface area contributed by atoms with E-state index in [-0.39, 0.29) is 0 Å². The molecule has 2 rings (SSSR count). The topological polar surface area (TPSA) is 55.4 Å². The number of nitrogens with two attached hydrogens (primary N) is 1. The second-order valence-electron chi connectivity index (χ2n) is 3.77. The summed E-state index contributed by atoms with van der Waals surface area (Å²) in [6.45, 7) is 0. The van der Waals surface area contributed by atoms with E-state index in [1.807, 2.05) is 0 Å². The zero-order chi connectivity index (χ0) is 8.55. The number of hydrogen-bond donors (Lipinski definition) is 1. The van der Waals surface area contributed by atoms with Crippen molar-refractivity contribution in [2.75, 3.05) is 0 Å². The summed E-state index contributed by atoms with van der Waals surface area (Å²) < 4.78 is 0. The maximum atomic E-state index is 11.1. The van der Waals surface area contributed by atoms with Crippen LogP contribution in [0.15, 0.2) is 4.99 Å². The smallest absolute Gasteiger partial charge is 0.133 e. The SMILES string of the molecule is NC1=NC2CCC(=O)CC2CC1. The van der Waals surface area contributed by atoms with Gasteiger partial charge in [0.1, 0.15) is 5.78 Å². The zero-order valence-electron chi connectivity index (χ0n) is 7.12. The predicted octanol–water partition coefficient (Wildman–Crippen LogP) is 0.875. The minimum atomic E-state index is 0.358. The van der Waals surface area contributed by atoms with Crippen molar-refractivity contribution in [1.29, 1.82) is 0 Å². The predicted molar refractivity (Wildman–Crippen MR) is 47.0 cm³/mol. The number of Topliss-reactive ketones (excluding diaryl/α,β-unsaturated/α-hetero) is 1. The summed E-state index contributed by atoms with van der Waals surface area (Å²) in [6, 6.07) is 0.358. The van der Waals surface area contributed by atoms with E-state index < -0.39 is 0 Å². The molecule has 66 valence electrons. The van der Waals surface area contributed by atoms with E-state index in [4.69, 9.17) is 5.73 Å². The van der Waals surface area contributed by atoms with Crippen LogP contribution in [0.1, 0.15) is 32.1 Å². The fourth-order valence-electron chi connectivity index (χ4n) is 2.15. The highest BCUT2D eigenvalue weighted by molar-refractivity contribution is 5.83. The molecule has 0 radical (unpaired) electrons. The standard InChI is InChI=1S/C9H14N2O/c10-9-4-1-6-5-7(12)2-3-8(6)11-9/h6,8H,1-5H2,(H2,10,11). The quantitative estimate of drug-likeness (QED) is 0.580. The van der Waals surface area contributed by atoms with Crippen LogP contribution in [0.25, 0.3) is 0 Å². The molecule has 3 heteroatoms. The second-order valence-corrected chi connectivity index (χ2v) is 3.77. The van der Waals surface area contributed by atoms with Gasteiger partial charge in [0, 0.05) is 19.3 Å². The molecule has 1 aliphatic carbocycles. The number of amidine groups is 1. The summed E-state index contributed by atoms with van der Waals surface area (Å²) in [5, 5.41) is 0. The van der Waals surface area contributed by atoms with Crippen LogP contribution in [0.3, 0.4) is 0 Å². The Labute approximate surface area is 72.0 Å². The van der Waals surface area contributed by atoms with Crippen LogP contribution in [-0.2, 0) is 4.79 Å². The van der Waals surface area contributed by atoms with Gasteiger partial charge in [-0.25, -0.2) is 0 Å². The summed E-state index contributed by atoms with van der Waals surface area (Å²) in [6.07, 6.45) is 4.31. The Morgan fingerprint density at radius 2 is 2.17 bits per heavy atom. The first kappa shape index (κ1) is 7.77. The lowest BCUT2D eigenvalue weighted by atomic mass is 9.80. The Balaban J connectivity index is 2.10. The number of carbonyl (C=O) groups excluding carboxylic acids is 1. The summed E-state index contributed by atoms with van der Waals surface area (Å²) in [4.78, 5) is 15.5. The highest BCUT2D eigenvalue weighted by Gasteiger charge is 2.31. The number of aliphatic imine (C=N–C) groups is 1. The maximum absolute atomic E-state index is 11.1. The minimum absolute atomic E-state index is 0.358. The molecule has 1 heterocycles. The lowest BCUT2D eigenvalue weighted by Gasteiger charge is -2.31. The normalized spacial score (nSPS) is 35.7. The van der Waals surface area contributed by atoms with Crippen LogP contribution in [0.5, 0.6) is 0 Å². The molecule has 0 aromatic heterocycles. The molecule has 0 amide bonds. The molecule has 1 aliphatic heterocycles. The van der Waals surface area contributed by atoms with Crippen molar-refractivity contribution >= 4 is 11.6 Å².